The minimum absolute atomic E-state index is 0.0318. The molecule has 0 saturated carbocycles. The van der Waals surface area contributed by atoms with Gasteiger partial charge in [-0.3, -0.25) is 19.4 Å². The Morgan fingerprint density at radius 3 is 2.51 bits per heavy atom. The molecule has 0 bridgehead atoms. The first-order chi connectivity index (χ1) is 18.6. The number of rotatable bonds is 9. The number of nitrogens with one attached hydrogen (secondary N) is 1. The van der Waals surface area contributed by atoms with Crippen LogP contribution in [0.15, 0.2) is 71.9 Å². The third-order valence-electron chi connectivity index (χ3n) is 6.94. The highest BCUT2D eigenvalue weighted by molar-refractivity contribution is 7.92. The minimum Gasteiger partial charge on any atom is -0.488 e. The number of sulfonamides is 1. The van der Waals surface area contributed by atoms with Gasteiger partial charge >= 0.3 is 0 Å². The van der Waals surface area contributed by atoms with E-state index >= 15 is 0 Å². The van der Waals surface area contributed by atoms with E-state index in [0.29, 0.717) is 25.4 Å². The quantitative estimate of drug-likeness (QED) is 0.418. The fraction of sp³-hybridized carbons (Fsp3) is 0.379. The zero-order valence-corrected chi connectivity index (χ0v) is 23.6. The van der Waals surface area contributed by atoms with E-state index in [0.717, 1.165) is 11.1 Å². The number of pyridine rings is 1. The first-order valence-corrected chi connectivity index (χ1v) is 14.4. The Balaban J connectivity index is 1.63. The highest BCUT2D eigenvalue weighted by atomic mass is 32.2. The van der Waals surface area contributed by atoms with Crippen LogP contribution in [0.25, 0.3) is 0 Å². The van der Waals surface area contributed by atoms with Gasteiger partial charge in [0.2, 0.25) is 0 Å². The first kappa shape index (κ1) is 28.5. The summed E-state index contributed by atoms with van der Waals surface area (Å²) >= 11 is 0. The molecule has 1 amide bonds. The molecule has 4 rings (SSSR count). The topological polar surface area (TPSA) is 112 Å². The highest BCUT2D eigenvalue weighted by Gasteiger charge is 2.33. The minimum atomic E-state index is -3.86. The predicted octanol–water partition coefficient (Wildman–Crippen LogP) is 3.54. The van der Waals surface area contributed by atoms with Gasteiger partial charge in [0.15, 0.2) is 0 Å². The molecule has 2 aromatic carbocycles. The molecule has 0 fully saturated rings. The van der Waals surface area contributed by atoms with Crippen LogP contribution in [-0.4, -0.2) is 73.1 Å². The van der Waals surface area contributed by atoms with Gasteiger partial charge in [0.1, 0.15) is 11.9 Å². The molecule has 39 heavy (non-hydrogen) atoms. The number of aromatic nitrogens is 1. The van der Waals surface area contributed by atoms with Crippen molar-refractivity contribution in [1.82, 2.24) is 14.8 Å². The normalized spacial score (nSPS) is 18.6. The maximum absolute atomic E-state index is 13.7. The first-order valence-electron chi connectivity index (χ1n) is 13.0. The van der Waals surface area contributed by atoms with E-state index in [-0.39, 0.29) is 40.7 Å². The lowest BCUT2D eigenvalue weighted by Gasteiger charge is -2.38. The number of likely N-dealkylation sites (N-methyl/N-ethyl adjacent to an activating group) is 1. The summed E-state index contributed by atoms with van der Waals surface area (Å²) in [4.78, 5) is 21.7. The van der Waals surface area contributed by atoms with Gasteiger partial charge in [0.05, 0.1) is 23.1 Å². The number of nitrogens with zero attached hydrogens (tertiary/aromatic N) is 3. The lowest BCUT2D eigenvalue weighted by atomic mass is 9.99. The number of aryl methyl sites for hydroxylation is 1. The number of fused-ring (bicyclic) bond motifs is 1. The van der Waals surface area contributed by atoms with Crippen LogP contribution < -0.4 is 9.46 Å². The van der Waals surface area contributed by atoms with E-state index in [4.69, 9.17) is 4.74 Å². The zero-order chi connectivity index (χ0) is 28.2. The molecular weight excluding hydrogens is 516 g/mol. The molecule has 0 unspecified atom stereocenters. The number of aliphatic hydroxyl groups excluding tert-OH is 1. The SMILES string of the molecule is Cc1ccc(S(=O)(=O)Nc2ccc3c(c2)C(=O)N([C@@H](C)CO)C[C@@H](C)[C@@H](CN(C)Cc2ccncc2)O3)cc1. The zero-order valence-electron chi connectivity index (χ0n) is 22.7. The molecule has 0 radical (unpaired) electrons. The molecule has 0 aliphatic carbocycles. The lowest BCUT2D eigenvalue weighted by Crippen LogP contribution is -2.49. The molecule has 2 N–H and O–H groups in total. The number of anilines is 1. The molecule has 0 spiro atoms. The summed E-state index contributed by atoms with van der Waals surface area (Å²) in [6.45, 7) is 7.20. The van der Waals surface area contributed by atoms with Gasteiger partial charge in [-0.15, -0.1) is 0 Å². The number of benzene rings is 2. The molecule has 10 heteroatoms. The number of ether oxygens (including phenoxy) is 1. The second kappa shape index (κ2) is 12.1. The van der Waals surface area contributed by atoms with Crippen LogP contribution in [0.5, 0.6) is 5.75 Å². The lowest BCUT2D eigenvalue weighted by molar-refractivity contribution is 0.0341. The summed E-state index contributed by atoms with van der Waals surface area (Å²) < 4.78 is 35.0. The van der Waals surface area contributed by atoms with E-state index < -0.39 is 16.1 Å². The van der Waals surface area contributed by atoms with Crippen LogP contribution in [0, 0.1) is 12.8 Å². The third kappa shape index (κ3) is 6.95. The standard InChI is InChI=1S/C29H36N4O5S/c1-20-5-8-25(9-6-20)39(36,37)31-24-7-10-27-26(15-24)29(35)33(22(3)19-34)16-21(2)28(38-27)18-32(4)17-23-11-13-30-14-12-23/h5-15,21-22,28,31,34H,16-19H2,1-4H3/t21-,22+,28-/m1/s1. The fourth-order valence-corrected chi connectivity index (χ4v) is 5.66. The van der Waals surface area contributed by atoms with Crippen molar-refractivity contribution in [2.45, 2.75) is 44.4 Å². The van der Waals surface area contributed by atoms with E-state index in [1.807, 2.05) is 33.0 Å². The van der Waals surface area contributed by atoms with Crippen LogP contribution >= 0.6 is 0 Å². The molecule has 3 aromatic rings. The summed E-state index contributed by atoms with van der Waals surface area (Å²) in [6, 6.07) is 14.8. The van der Waals surface area contributed by atoms with Crippen LogP contribution in [0.3, 0.4) is 0 Å². The Morgan fingerprint density at radius 1 is 1.15 bits per heavy atom. The molecule has 1 aromatic heterocycles. The van der Waals surface area contributed by atoms with Gasteiger partial charge in [-0.2, -0.15) is 0 Å². The van der Waals surface area contributed by atoms with Crippen molar-refractivity contribution < 1.29 is 23.1 Å². The Kier molecular flexibility index (Phi) is 8.89. The van der Waals surface area contributed by atoms with Crippen molar-refractivity contribution in [3.63, 3.8) is 0 Å². The molecule has 1 aliphatic rings. The van der Waals surface area contributed by atoms with Crippen LogP contribution in [0.1, 0.15) is 35.3 Å². The third-order valence-corrected chi connectivity index (χ3v) is 8.34. The molecule has 3 atom stereocenters. The summed E-state index contributed by atoms with van der Waals surface area (Å²) in [5, 5.41) is 9.90. The van der Waals surface area contributed by atoms with Gasteiger partial charge in [-0.1, -0.05) is 24.6 Å². The molecular formula is C29H36N4O5S. The van der Waals surface area contributed by atoms with Crippen molar-refractivity contribution in [1.29, 1.82) is 0 Å². The molecule has 1 aliphatic heterocycles. The Labute approximate surface area is 230 Å². The predicted molar refractivity (Wildman–Crippen MR) is 150 cm³/mol. The number of carbonyl (C=O) groups is 1. The summed E-state index contributed by atoms with van der Waals surface area (Å²) in [5.41, 5.74) is 2.57. The van der Waals surface area contributed by atoms with Crippen molar-refractivity contribution >= 4 is 21.6 Å². The average Bonchev–Trinajstić information content (AvgIpc) is 2.91. The smallest absolute Gasteiger partial charge is 0.261 e. The summed E-state index contributed by atoms with van der Waals surface area (Å²) in [6.07, 6.45) is 3.27. The van der Waals surface area contributed by atoms with Crippen molar-refractivity contribution in [3.8, 4) is 5.75 Å². The van der Waals surface area contributed by atoms with E-state index in [1.165, 1.54) is 6.07 Å². The van der Waals surface area contributed by atoms with Gasteiger partial charge in [-0.05, 0) is 68.9 Å². The Morgan fingerprint density at radius 2 is 1.85 bits per heavy atom. The number of amides is 1. The van der Waals surface area contributed by atoms with Crippen LogP contribution in [-0.2, 0) is 16.6 Å². The summed E-state index contributed by atoms with van der Waals surface area (Å²) in [7, 11) is -1.84. The molecule has 9 nitrogen and oxygen atoms in total. The fourth-order valence-electron chi connectivity index (χ4n) is 4.61. The van der Waals surface area contributed by atoms with Crippen LogP contribution in [0.2, 0.25) is 0 Å². The highest BCUT2D eigenvalue weighted by Crippen LogP contribution is 2.31. The van der Waals surface area contributed by atoms with E-state index in [1.54, 1.807) is 60.6 Å². The van der Waals surface area contributed by atoms with Gasteiger partial charge < -0.3 is 14.7 Å². The maximum Gasteiger partial charge on any atom is 0.261 e. The summed E-state index contributed by atoms with van der Waals surface area (Å²) in [5.74, 6) is 0.0244. The number of hydrogen-bond acceptors (Lipinski definition) is 7. The Bertz CT molecular complexity index is 1380. The van der Waals surface area contributed by atoms with Crippen molar-refractivity contribution in [3.05, 3.63) is 83.7 Å². The number of carbonyl (C=O) groups excluding carboxylic acids is 1. The number of hydrogen-bond donors (Lipinski definition) is 2. The van der Waals surface area contributed by atoms with E-state index in [9.17, 15) is 18.3 Å². The van der Waals surface area contributed by atoms with Crippen LogP contribution in [0.4, 0.5) is 5.69 Å². The van der Waals surface area contributed by atoms with Gasteiger partial charge in [0, 0.05) is 43.6 Å². The monoisotopic (exact) mass is 552 g/mol. The van der Waals surface area contributed by atoms with Crippen molar-refractivity contribution in [2.75, 3.05) is 31.5 Å². The number of aliphatic hydroxyl groups is 1. The largest absolute Gasteiger partial charge is 0.488 e. The van der Waals surface area contributed by atoms with Gasteiger partial charge in [0.25, 0.3) is 15.9 Å². The average molecular weight is 553 g/mol. The van der Waals surface area contributed by atoms with Gasteiger partial charge in [-0.25, -0.2) is 8.42 Å². The van der Waals surface area contributed by atoms with E-state index in [2.05, 4.69) is 14.6 Å². The maximum atomic E-state index is 13.7. The van der Waals surface area contributed by atoms with Crippen molar-refractivity contribution in [2.24, 2.45) is 5.92 Å². The molecule has 2 heterocycles. The molecule has 0 saturated heterocycles. The second-order valence-electron chi connectivity index (χ2n) is 10.3. The molecule has 208 valence electrons. The Hall–Kier alpha value is -3.47. The second-order valence-corrected chi connectivity index (χ2v) is 12.0.